The second kappa shape index (κ2) is 9.58. The fourth-order valence-corrected chi connectivity index (χ4v) is 4.94. The molecule has 0 aromatic heterocycles. The van der Waals surface area contributed by atoms with E-state index in [1.54, 1.807) is 36.4 Å². The van der Waals surface area contributed by atoms with Gasteiger partial charge in [0.15, 0.2) is 0 Å². The molecule has 0 bridgehead atoms. The summed E-state index contributed by atoms with van der Waals surface area (Å²) in [5.41, 5.74) is 4.12. The molecule has 3 aromatic carbocycles. The van der Waals surface area contributed by atoms with Crippen LogP contribution in [0.1, 0.15) is 16.7 Å². The fourth-order valence-electron chi connectivity index (χ4n) is 3.11. The van der Waals surface area contributed by atoms with Crippen LogP contribution in [0.2, 0.25) is 0 Å². The number of carbonyl (C=O) groups is 1. The lowest BCUT2D eigenvalue weighted by Gasteiger charge is -2.24. The van der Waals surface area contributed by atoms with E-state index in [-0.39, 0.29) is 11.4 Å². The molecule has 162 valence electrons. The zero-order chi connectivity index (χ0) is 22.6. The molecule has 3 aromatic rings. The SMILES string of the molecule is CSc1ccc(S(=O)(=O)N(CC(=O)Nc2cccc(C)c2C)c2ccc(C)cc2)cc1. The third-order valence-corrected chi connectivity index (χ3v) is 7.67. The van der Waals surface area contributed by atoms with Crippen molar-refractivity contribution in [2.45, 2.75) is 30.6 Å². The Morgan fingerprint density at radius 1 is 0.935 bits per heavy atom. The van der Waals surface area contributed by atoms with Crippen LogP contribution in [0.25, 0.3) is 0 Å². The van der Waals surface area contributed by atoms with Gasteiger partial charge in [-0.1, -0.05) is 29.8 Å². The highest BCUT2D eigenvalue weighted by atomic mass is 32.2. The molecule has 0 unspecified atom stereocenters. The third-order valence-electron chi connectivity index (χ3n) is 5.14. The van der Waals surface area contributed by atoms with E-state index in [0.717, 1.165) is 25.9 Å². The average Bonchev–Trinajstić information content (AvgIpc) is 2.76. The number of benzene rings is 3. The van der Waals surface area contributed by atoms with Crippen molar-refractivity contribution in [3.8, 4) is 0 Å². The maximum absolute atomic E-state index is 13.5. The van der Waals surface area contributed by atoms with Crippen LogP contribution in [0, 0.1) is 20.8 Å². The molecule has 1 N–H and O–H groups in total. The third kappa shape index (κ3) is 5.29. The molecule has 3 rings (SSSR count). The first-order chi connectivity index (χ1) is 14.7. The van der Waals surface area contributed by atoms with Crippen LogP contribution >= 0.6 is 11.8 Å². The number of thioether (sulfide) groups is 1. The molecule has 0 atom stereocenters. The summed E-state index contributed by atoms with van der Waals surface area (Å²) in [6, 6.07) is 19.4. The lowest BCUT2D eigenvalue weighted by atomic mass is 10.1. The van der Waals surface area contributed by atoms with Crippen molar-refractivity contribution in [3.05, 3.63) is 83.4 Å². The molecule has 0 spiro atoms. The number of hydrogen-bond donors (Lipinski definition) is 1. The second-order valence-corrected chi connectivity index (χ2v) is 10.1. The largest absolute Gasteiger partial charge is 0.324 e. The van der Waals surface area contributed by atoms with Crippen molar-refractivity contribution in [1.29, 1.82) is 0 Å². The van der Waals surface area contributed by atoms with Crippen molar-refractivity contribution in [1.82, 2.24) is 0 Å². The highest BCUT2D eigenvalue weighted by molar-refractivity contribution is 7.98. The van der Waals surface area contributed by atoms with Gasteiger partial charge in [-0.05, 0) is 80.6 Å². The van der Waals surface area contributed by atoms with E-state index in [2.05, 4.69) is 5.32 Å². The Morgan fingerprint density at radius 2 is 1.58 bits per heavy atom. The Kier molecular flexibility index (Phi) is 7.08. The molecule has 5 nitrogen and oxygen atoms in total. The van der Waals surface area contributed by atoms with Gasteiger partial charge in [-0.3, -0.25) is 9.10 Å². The number of hydrogen-bond acceptors (Lipinski definition) is 4. The first kappa shape index (κ1) is 22.9. The fraction of sp³-hybridized carbons (Fsp3) is 0.208. The van der Waals surface area contributed by atoms with Gasteiger partial charge in [-0.15, -0.1) is 11.8 Å². The number of anilines is 2. The molecule has 31 heavy (non-hydrogen) atoms. The quantitative estimate of drug-likeness (QED) is 0.500. The number of sulfonamides is 1. The first-order valence-corrected chi connectivity index (χ1v) is 12.5. The maximum Gasteiger partial charge on any atom is 0.264 e. The van der Waals surface area contributed by atoms with Crippen molar-refractivity contribution in [3.63, 3.8) is 0 Å². The lowest BCUT2D eigenvalue weighted by Crippen LogP contribution is -2.38. The van der Waals surface area contributed by atoms with E-state index < -0.39 is 15.9 Å². The van der Waals surface area contributed by atoms with E-state index in [4.69, 9.17) is 0 Å². The smallest absolute Gasteiger partial charge is 0.264 e. The maximum atomic E-state index is 13.5. The van der Waals surface area contributed by atoms with Gasteiger partial charge in [-0.2, -0.15) is 0 Å². The standard InChI is InChI=1S/C24H26N2O3S2/c1-17-8-10-20(11-9-17)26(31(28,29)22-14-12-21(30-4)13-15-22)16-24(27)25-23-7-5-6-18(2)19(23)3/h5-15H,16H2,1-4H3,(H,25,27). The number of nitrogens with zero attached hydrogens (tertiary/aromatic N) is 1. The van der Waals surface area contributed by atoms with Crippen LogP contribution < -0.4 is 9.62 Å². The summed E-state index contributed by atoms with van der Waals surface area (Å²) >= 11 is 1.54. The molecule has 0 saturated carbocycles. The minimum absolute atomic E-state index is 0.144. The summed E-state index contributed by atoms with van der Waals surface area (Å²) in [4.78, 5) is 14.0. The van der Waals surface area contributed by atoms with Gasteiger partial charge in [0.2, 0.25) is 5.91 Å². The number of carbonyl (C=O) groups excluding carboxylic acids is 1. The van der Waals surface area contributed by atoms with E-state index in [1.165, 1.54) is 11.8 Å². The Morgan fingerprint density at radius 3 is 2.19 bits per heavy atom. The lowest BCUT2D eigenvalue weighted by molar-refractivity contribution is -0.114. The van der Waals surface area contributed by atoms with Crippen molar-refractivity contribution >= 4 is 39.1 Å². The molecule has 7 heteroatoms. The van der Waals surface area contributed by atoms with Gasteiger partial charge in [0.25, 0.3) is 10.0 Å². The molecular formula is C24H26N2O3S2. The number of aryl methyl sites for hydroxylation is 2. The summed E-state index contributed by atoms with van der Waals surface area (Å²) in [5, 5.41) is 2.86. The molecule has 0 aliphatic heterocycles. The summed E-state index contributed by atoms with van der Waals surface area (Å²) in [6.07, 6.45) is 1.93. The highest BCUT2D eigenvalue weighted by Crippen LogP contribution is 2.26. The predicted molar refractivity (Wildman–Crippen MR) is 128 cm³/mol. The molecular weight excluding hydrogens is 428 g/mol. The number of rotatable bonds is 7. The van der Waals surface area contributed by atoms with Gasteiger partial charge in [0.1, 0.15) is 6.54 Å². The van der Waals surface area contributed by atoms with Crippen LogP contribution in [0.3, 0.4) is 0 Å². The minimum atomic E-state index is -3.93. The van der Waals surface area contributed by atoms with E-state index in [1.807, 2.05) is 57.4 Å². The van der Waals surface area contributed by atoms with Crippen LogP contribution in [-0.4, -0.2) is 27.1 Å². The molecule has 1 amide bonds. The van der Waals surface area contributed by atoms with Gasteiger partial charge >= 0.3 is 0 Å². The topological polar surface area (TPSA) is 66.5 Å². The summed E-state index contributed by atoms with van der Waals surface area (Å²) < 4.78 is 28.1. The first-order valence-electron chi connectivity index (χ1n) is 9.82. The Balaban J connectivity index is 1.95. The second-order valence-electron chi connectivity index (χ2n) is 7.32. The highest BCUT2D eigenvalue weighted by Gasteiger charge is 2.27. The monoisotopic (exact) mass is 454 g/mol. The Hall–Kier alpha value is -2.77. The molecule has 0 aliphatic carbocycles. The van der Waals surface area contributed by atoms with Gasteiger partial charge in [0.05, 0.1) is 10.6 Å². The van der Waals surface area contributed by atoms with Crippen molar-refractivity contribution < 1.29 is 13.2 Å². The Labute approximate surface area is 188 Å². The van der Waals surface area contributed by atoms with Crippen LogP contribution in [0.15, 0.2) is 76.5 Å². The average molecular weight is 455 g/mol. The van der Waals surface area contributed by atoms with Crippen molar-refractivity contribution in [2.75, 3.05) is 22.4 Å². The molecule has 0 aliphatic rings. The zero-order valence-corrected chi connectivity index (χ0v) is 19.7. The summed E-state index contributed by atoms with van der Waals surface area (Å²) in [7, 11) is -3.93. The van der Waals surface area contributed by atoms with Gasteiger partial charge in [0, 0.05) is 10.6 Å². The normalized spacial score (nSPS) is 11.2. The number of amides is 1. The summed E-state index contributed by atoms with van der Waals surface area (Å²) in [5.74, 6) is -0.404. The zero-order valence-electron chi connectivity index (χ0n) is 18.0. The van der Waals surface area contributed by atoms with E-state index >= 15 is 0 Å². The predicted octanol–water partition coefficient (Wildman–Crippen LogP) is 5.17. The number of nitrogens with one attached hydrogen (secondary N) is 1. The van der Waals surface area contributed by atoms with E-state index in [0.29, 0.717) is 11.4 Å². The molecule has 0 radical (unpaired) electrons. The molecule has 0 heterocycles. The summed E-state index contributed by atoms with van der Waals surface area (Å²) in [6.45, 7) is 5.49. The van der Waals surface area contributed by atoms with Crippen LogP contribution in [0.4, 0.5) is 11.4 Å². The Bertz CT molecular complexity index is 1170. The molecule has 0 saturated heterocycles. The molecule has 0 fully saturated rings. The van der Waals surface area contributed by atoms with Crippen LogP contribution in [-0.2, 0) is 14.8 Å². The van der Waals surface area contributed by atoms with E-state index in [9.17, 15) is 13.2 Å². The van der Waals surface area contributed by atoms with Gasteiger partial charge < -0.3 is 5.32 Å². The van der Waals surface area contributed by atoms with Crippen LogP contribution in [0.5, 0.6) is 0 Å². The van der Waals surface area contributed by atoms with Gasteiger partial charge in [-0.25, -0.2) is 8.42 Å². The minimum Gasteiger partial charge on any atom is -0.324 e. The van der Waals surface area contributed by atoms with Crippen molar-refractivity contribution in [2.24, 2.45) is 0 Å².